The standard InChI is InChI=1S/C13H21N5O2/c1-13(2)6-4-3-5-9(13)12(19)16-11-8(7-15-17-11)10(14)18-20/h7,9,20H,3-6H2,1-2H3,(H2,14,18)(H2,15,16,17,19). The number of hydrogen-bond acceptors (Lipinski definition) is 4. The molecule has 0 spiro atoms. The minimum absolute atomic E-state index is 0.0148. The van der Waals surface area contributed by atoms with E-state index < -0.39 is 0 Å². The molecule has 5 N–H and O–H groups in total. The lowest BCUT2D eigenvalue weighted by Crippen LogP contribution is -2.37. The van der Waals surface area contributed by atoms with Crippen LogP contribution in [0.25, 0.3) is 0 Å². The lowest BCUT2D eigenvalue weighted by molar-refractivity contribution is -0.124. The first-order valence-electron chi connectivity index (χ1n) is 6.78. The minimum atomic E-state index is -0.0862. The van der Waals surface area contributed by atoms with Crippen LogP contribution in [0, 0.1) is 11.3 Å². The third-order valence-corrected chi connectivity index (χ3v) is 4.09. The summed E-state index contributed by atoms with van der Waals surface area (Å²) in [4.78, 5) is 12.4. The number of amides is 1. The van der Waals surface area contributed by atoms with E-state index in [0.29, 0.717) is 11.4 Å². The molecule has 1 aromatic heterocycles. The molecule has 110 valence electrons. The first-order valence-corrected chi connectivity index (χ1v) is 6.78. The van der Waals surface area contributed by atoms with E-state index in [-0.39, 0.29) is 23.1 Å². The number of aromatic amines is 1. The Hall–Kier alpha value is -2.05. The highest BCUT2D eigenvalue weighted by molar-refractivity contribution is 6.04. The highest BCUT2D eigenvalue weighted by atomic mass is 16.4. The predicted octanol–water partition coefficient (Wildman–Crippen LogP) is 1.66. The van der Waals surface area contributed by atoms with Crippen molar-refractivity contribution in [3.8, 4) is 0 Å². The Morgan fingerprint density at radius 3 is 3.00 bits per heavy atom. The van der Waals surface area contributed by atoms with Crippen LogP contribution in [0.3, 0.4) is 0 Å². The molecular formula is C13H21N5O2. The molecule has 0 bridgehead atoms. The topological polar surface area (TPSA) is 116 Å². The fraction of sp³-hybridized carbons (Fsp3) is 0.615. The zero-order chi connectivity index (χ0) is 14.8. The molecule has 1 aliphatic rings. The summed E-state index contributed by atoms with van der Waals surface area (Å²) in [6.45, 7) is 4.24. The summed E-state index contributed by atoms with van der Waals surface area (Å²) in [6.07, 6.45) is 5.57. The van der Waals surface area contributed by atoms with Crippen LogP contribution in [0.15, 0.2) is 11.4 Å². The molecule has 1 heterocycles. The fourth-order valence-electron chi connectivity index (χ4n) is 2.82. The van der Waals surface area contributed by atoms with Crippen molar-refractivity contribution in [1.82, 2.24) is 10.2 Å². The van der Waals surface area contributed by atoms with E-state index in [1.807, 2.05) is 0 Å². The van der Waals surface area contributed by atoms with Gasteiger partial charge in [-0.1, -0.05) is 31.8 Å². The number of nitrogens with one attached hydrogen (secondary N) is 2. The van der Waals surface area contributed by atoms with Crippen LogP contribution in [0.5, 0.6) is 0 Å². The van der Waals surface area contributed by atoms with Gasteiger partial charge in [-0.2, -0.15) is 5.10 Å². The Labute approximate surface area is 117 Å². The third-order valence-electron chi connectivity index (χ3n) is 4.09. The zero-order valence-electron chi connectivity index (χ0n) is 11.8. The number of carbonyl (C=O) groups excluding carboxylic acids is 1. The van der Waals surface area contributed by atoms with Gasteiger partial charge >= 0.3 is 0 Å². The van der Waals surface area contributed by atoms with Crippen molar-refractivity contribution < 1.29 is 10.0 Å². The van der Waals surface area contributed by atoms with Gasteiger partial charge in [-0.3, -0.25) is 9.89 Å². The molecule has 1 unspecified atom stereocenters. The fourth-order valence-corrected chi connectivity index (χ4v) is 2.82. The molecule has 7 nitrogen and oxygen atoms in total. The van der Waals surface area contributed by atoms with E-state index in [0.717, 1.165) is 25.7 Å². The molecule has 1 fully saturated rings. The molecule has 0 aliphatic heterocycles. The average molecular weight is 279 g/mol. The van der Waals surface area contributed by atoms with Gasteiger partial charge in [0.15, 0.2) is 5.84 Å². The number of anilines is 1. The molecule has 0 radical (unpaired) electrons. The van der Waals surface area contributed by atoms with E-state index in [1.165, 1.54) is 6.20 Å². The molecule has 1 saturated carbocycles. The van der Waals surface area contributed by atoms with Gasteiger partial charge in [-0.05, 0) is 18.3 Å². The van der Waals surface area contributed by atoms with Gasteiger partial charge < -0.3 is 16.3 Å². The smallest absolute Gasteiger partial charge is 0.229 e. The number of aromatic nitrogens is 2. The highest BCUT2D eigenvalue weighted by Gasteiger charge is 2.37. The quantitative estimate of drug-likeness (QED) is 0.291. The third kappa shape index (κ3) is 2.76. The van der Waals surface area contributed by atoms with Crippen molar-refractivity contribution in [2.75, 3.05) is 5.32 Å². The number of amidine groups is 1. The summed E-state index contributed by atoms with van der Waals surface area (Å²) in [5.74, 6) is 0.189. The van der Waals surface area contributed by atoms with Crippen molar-refractivity contribution in [3.63, 3.8) is 0 Å². The first-order chi connectivity index (χ1) is 9.45. The second-order valence-corrected chi connectivity index (χ2v) is 5.92. The van der Waals surface area contributed by atoms with Gasteiger partial charge in [-0.15, -0.1) is 0 Å². The van der Waals surface area contributed by atoms with Gasteiger partial charge in [0.1, 0.15) is 5.82 Å². The SMILES string of the molecule is CC1(C)CCCCC1C(=O)Nc1[nH]ncc1C(N)=NO. The maximum absolute atomic E-state index is 12.4. The highest BCUT2D eigenvalue weighted by Crippen LogP contribution is 2.41. The number of rotatable bonds is 3. The second-order valence-electron chi connectivity index (χ2n) is 5.92. The summed E-state index contributed by atoms with van der Waals surface area (Å²) in [7, 11) is 0. The van der Waals surface area contributed by atoms with Crippen molar-refractivity contribution in [1.29, 1.82) is 0 Å². The van der Waals surface area contributed by atoms with E-state index in [9.17, 15) is 4.79 Å². The van der Waals surface area contributed by atoms with E-state index in [2.05, 4.69) is 34.5 Å². The van der Waals surface area contributed by atoms with Crippen molar-refractivity contribution >= 4 is 17.6 Å². The maximum Gasteiger partial charge on any atom is 0.229 e. The molecular weight excluding hydrogens is 258 g/mol. The molecule has 0 aromatic carbocycles. The number of oxime groups is 1. The summed E-state index contributed by atoms with van der Waals surface area (Å²) in [5, 5.41) is 20.9. The minimum Gasteiger partial charge on any atom is -0.409 e. The molecule has 20 heavy (non-hydrogen) atoms. The Balaban J connectivity index is 2.14. The molecule has 1 aromatic rings. The average Bonchev–Trinajstić information content (AvgIpc) is 2.85. The van der Waals surface area contributed by atoms with Gasteiger partial charge in [0.25, 0.3) is 0 Å². The Morgan fingerprint density at radius 1 is 1.60 bits per heavy atom. The molecule has 2 rings (SSSR count). The van der Waals surface area contributed by atoms with E-state index in [4.69, 9.17) is 10.9 Å². The van der Waals surface area contributed by atoms with Crippen LogP contribution in [0.1, 0.15) is 45.1 Å². The number of carbonyl (C=O) groups is 1. The van der Waals surface area contributed by atoms with Crippen LogP contribution >= 0.6 is 0 Å². The molecule has 1 atom stereocenters. The summed E-state index contributed by atoms with van der Waals surface area (Å²) >= 11 is 0. The van der Waals surface area contributed by atoms with Crippen molar-refractivity contribution in [2.24, 2.45) is 22.2 Å². The van der Waals surface area contributed by atoms with Gasteiger partial charge in [0.2, 0.25) is 5.91 Å². The predicted molar refractivity (Wildman–Crippen MR) is 75.5 cm³/mol. The normalized spacial score (nSPS) is 22.5. The lowest BCUT2D eigenvalue weighted by atomic mass is 9.68. The van der Waals surface area contributed by atoms with Crippen LogP contribution < -0.4 is 11.1 Å². The van der Waals surface area contributed by atoms with Gasteiger partial charge in [0.05, 0.1) is 11.8 Å². The largest absolute Gasteiger partial charge is 0.409 e. The monoisotopic (exact) mass is 279 g/mol. The maximum atomic E-state index is 12.4. The number of H-pyrrole nitrogens is 1. The molecule has 7 heteroatoms. The first kappa shape index (κ1) is 14.4. The van der Waals surface area contributed by atoms with Crippen molar-refractivity contribution in [3.05, 3.63) is 11.8 Å². The van der Waals surface area contributed by atoms with Crippen LogP contribution in [0.2, 0.25) is 0 Å². The molecule has 0 saturated heterocycles. The van der Waals surface area contributed by atoms with Crippen LogP contribution in [-0.2, 0) is 4.79 Å². The Morgan fingerprint density at radius 2 is 2.35 bits per heavy atom. The Kier molecular flexibility index (Phi) is 3.96. The van der Waals surface area contributed by atoms with E-state index in [1.54, 1.807) is 0 Å². The lowest BCUT2D eigenvalue weighted by Gasteiger charge is -2.37. The van der Waals surface area contributed by atoms with E-state index >= 15 is 0 Å². The van der Waals surface area contributed by atoms with Crippen LogP contribution in [0.4, 0.5) is 5.82 Å². The number of nitrogens with zero attached hydrogens (tertiary/aromatic N) is 2. The van der Waals surface area contributed by atoms with Gasteiger partial charge in [-0.25, -0.2) is 0 Å². The summed E-state index contributed by atoms with van der Waals surface area (Å²) in [6, 6.07) is 0. The van der Waals surface area contributed by atoms with Gasteiger partial charge in [0, 0.05) is 5.92 Å². The Bertz CT molecular complexity index is 521. The van der Waals surface area contributed by atoms with Crippen molar-refractivity contribution in [2.45, 2.75) is 39.5 Å². The molecule has 1 aliphatic carbocycles. The molecule has 1 amide bonds. The number of hydrogen-bond donors (Lipinski definition) is 4. The second kappa shape index (κ2) is 5.52. The summed E-state index contributed by atoms with van der Waals surface area (Å²) in [5.41, 5.74) is 5.90. The zero-order valence-corrected chi connectivity index (χ0v) is 11.8. The summed E-state index contributed by atoms with van der Waals surface area (Å²) < 4.78 is 0. The van der Waals surface area contributed by atoms with Crippen LogP contribution in [-0.4, -0.2) is 27.1 Å². The number of nitrogens with two attached hydrogens (primary N) is 1.